The predicted octanol–water partition coefficient (Wildman–Crippen LogP) is 3.73. The fourth-order valence-corrected chi connectivity index (χ4v) is 3.89. The number of nitrogens with one attached hydrogen (secondary N) is 1. The average Bonchev–Trinajstić information content (AvgIpc) is 3.14. The van der Waals surface area contributed by atoms with Crippen molar-refractivity contribution >= 4 is 23.1 Å². The second-order valence-corrected chi connectivity index (χ2v) is 7.24. The summed E-state index contributed by atoms with van der Waals surface area (Å²) in [6.45, 7) is 0. The standard InChI is InChI=1S/C23H24N2O5/c1-28-19-9-7-14(11-21(19)29-2)12-22(27)25-24-13-16-17(26)8-10-20-23(16)15-5-3-4-6-18(15)30-20/h7-11,13,26H,3-6,12H2,1-2H3,(H,25,27). The third kappa shape index (κ3) is 3.83. The van der Waals surface area contributed by atoms with Crippen LogP contribution < -0.4 is 14.9 Å². The number of amides is 1. The zero-order chi connectivity index (χ0) is 21.1. The third-order valence-electron chi connectivity index (χ3n) is 5.33. The quantitative estimate of drug-likeness (QED) is 0.479. The van der Waals surface area contributed by atoms with E-state index in [0.717, 1.165) is 53.5 Å². The molecule has 0 radical (unpaired) electrons. The number of phenolic OH excluding ortho intramolecular Hbond substituents is 1. The lowest BCUT2D eigenvalue weighted by Crippen LogP contribution is -2.19. The van der Waals surface area contributed by atoms with Crippen molar-refractivity contribution in [3.05, 3.63) is 52.8 Å². The van der Waals surface area contributed by atoms with Crippen molar-refractivity contribution in [2.45, 2.75) is 32.1 Å². The minimum atomic E-state index is -0.278. The van der Waals surface area contributed by atoms with Crippen molar-refractivity contribution < 1.29 is 23.8 Å². The SMILES string of the molecule is COc1ccc(CC(=O)NN=Cc2c(O)ccc3oc4c(c23)CCCC4)cc1OC. The molecular weight excluding hydrogens is 384 g/mol. The van der Waals surface area contributed by atoms with Crippen molar-refractivity contribution in [2.75, 3.05) is 14.2 Å². The number of furan rings is 1. The fourth-order valence-electron chi connectivity index (χ4n) is 3.89. The Morgan fingerprint density at radius 2 is 1.97 bits per heavy atom. The molecule has 156 valence electrons. The Morgan fingerprint density at radius 1 is 1.17 bits per heavy atom. The number of carbonyl (C=O) groups is 1. The van der Waals surface area contributed by atoms with Gasteiger partial charge in [0.05, 0.1) is 26.9 Å². The average molecular weight is 408 g/mol. The molecule has 7 nitrogen and oxygen atoms in total. The zero-order valence-corrected chi connectivity index (χ0v) is 17.0. The molecule has 1 amide bonds. The largest absolute Gasteiger partial charge is 0.507 e. The van der Waals surface area contributed by atoms with Gasteiger partial charge in [0.2, 0.25) is 5.91 Å². The molecule has 30 heavy (non-hydrogen) atoms. The first-order chi connectivity index (χ1) is 14.6. The Morgan fingerprint density at radius 3 is 2.77 bits per heavy atom. The summed E-state index contributed by atoms with van der Waals surface area (Å²) in [5.41, 5.74) is 5.72. The van der Waals surface area contributed by atoms with Crippen LogP contribution in [0.2, 0.25) is 0 Å². The van der Waals surface area contributed by atoms with E-state index in [-0.39, 0.29) is 18.1 Å². The first kappa shape index (κ1) is 19.8. The smallest absolute Gasteiger partial charge is 0.244 e. The summed E-state index contributed by atoms with van der Waals surface area (Å²) in [4.78, 5) is 12.3. The van der Waals surface area contributed by atoms with Crippen molar-refractivity contribution in [3.63, 3.8) is 0 Å². The molecule has 1 aliphatic carbocycles. The van der Waals surface area contributed by atoms with Crippen molar-refractivity contribution in [2.24, 2.45) is 5.10 Å². The van der Waals surface area contributed by atoms with E-state index in [1.807, 2.05) is 0 Å². The van der Waals surface area contributed by atoms with Gasteiger partial charge in [0, 0.05) is 22.9 Å². The number of nitrogens with zero attached hydrogens (tertiary/aromatic N) is 1. The van der Waals surface area contributed by atoms with Crippen molar-refractivity contribution in [1.29, 1.82) is 0 Å². The second kappa shape index (κ2) is 8.49. The van der Waals surface area contributed by atoms with E-state index >= 15 is 0 Å². The van der Waals surface area contributed by atoms with Gasteiger partial charge in [-0.25, -0.2) is 5.43 Å². The topological polar surface area (TPSA) is 93.3 Å². The predicted molar refractivity (Wildman–Crippen MR) is 114 cm³/mol. The highest BCUT2D eigenvalue weighted by atomic mass is 16.5. The minimum Gasteiger partial charge on any atom is -0.507 e. The summed E-state index contributed by atoms with van der Waals surface area (Å²) in [5, 5.41) is 15.3. The molecule has 0 saturated heterocycles. The number of hydrogen-bond acceptors (Lipinski definition) is 6. The van der Waals surface area contributed by atoms with Gasteiger partial charge >= 0.3 is 0 Å². The Balaban J connectivity index is 1.51. The molecule has 0 spiro atoms. The third-order valence-corrected chi connectivity index (χ3v) is 5.33. The van der Waals surface area contributed by atoms with Gasteiger partial charge in [-0.1, -0.05) is 6.07 Å². The molecule has 0 unspecified atom stereocenters. The monoisotopic (exact) mass is 408 g/mol. The van der Waals surface area contributed by atoms with Crippen LogP contribution in [0.3, 0.4) is 0 Å². The van der Waals surface area contributed by atoms with E-state index in [4.69, 9.17) is 13.9 Å². The first-order valence-corrected chi connectivity index (χ1v) is 9.89. The molecule has 1 aromatic heterocycles. The number of benzene rings is 2. The lowest BCUT2D eigenvalue weighted by Gasteiger charge is -2.10. The lowest BCUT2D eigenvalue weighted by atomic mass is 9.94. The number of hydrazone groups is 1. The molecule has 0 fully saturated rings. The molecule has 4 rings (SSSR count). The Labute approximate surface area is 174 Å². The number of aryl methyl sites for hydroxylation is 2. The summed E-state index contributed by atoms with van der Waals surface area (Å²) in [5.74, 6) is 1.97. The van der Waals surface area contributed by atoms with Crippen LogP contribution >= 0.6 is 0 Å². The Kier molecular flexibility index (Phi) is 5.61. The van der Waals surface area contributed by atoms with E-state index in [2.05, 4.69) is 10.5 Å². The lowest BCUT2D eigenvalue weighted by molar-refractivity contribution is -0.120. The molecule has 1 aliphatic rings. The molecule has 2 N–H and O–H groups in total. The number of fused-ring (bicyclic) bond motifs is 3. The van der Waals surface area contributed by atoms with Gasteiger partial charge in [-0.05, 0) is 49.1 Å². The van der Waals surface area contributed by atoms with Crippen LogP contribution in [0.4, 0.5) is 0 Å². The molecule has 0 aliphatic heterocycles. The maximum Gasteiger partial charge on any atom is 0.244 e. The molecular formula is C23H24N2O5. The minimum absolute atomic E-state index is 0.106. The zero-order valence-electron chi connectivity index (χ0n) is 17.0. The summed E-state index contributed by atoms with van der Waals surface area (Å²) < 4.78 is 16.4. The van der Waals surface area contributed by atoms with Crippen molar-refractivity contribution in [3.8, 4) is 17.2 Å². The van der Waals surface area contributed by atoms with E-state index in [0.29, 0.717) is 17.1 Å². The molecule has 2 aromatic carbocycles. The van der Waals surface area contributed by atoms with E-state index in [9.17, 15) is 9.90 Å². The van der Waals surface area contributed by atoms with Gasteiger partial charge in [-0.3, -0.25) is 4.79 Å². The molecule has 3 aromatic rings. The Hall–Kier alpha value is -3.48. The molecule has 0 bridgehead atoms. The van der Waals surface area contributed by atoms with Crippen LogP contribution in [0.5, 0.6) is 17.2 Å². The first-order valence-electron chi connectivity index (χ1n) is 9.89. The van der Waals surface area contributed by atoms with Gasteiger partial charge in [0.25, 0.3) is 0 Å². The van der Waals surface area contributed by atoms with Crippen LogP contribution in [-0.4, -0.2) is 31.4 Å². The second-order valence-electron chi connectivity index (χ2n) is 7.24. The number of hydrogen-bond donors (Lipinski definition) is 2. The number of phenols is 1. The molecule has 0 atom stereocenters. The van der Waals surface area contributed by atoms with Crippen LogP contribution in [0.1, 0.15) is 35.3 Å². The summed E-state index contributed by atoms with van der Waals surface area (Å²) >= 11 is 0. The normalized spacial score (nSPS) is 13.4. The van der Waals surface area contributed by atoms with E-state index in [1.165, 1.54) is 6.21 Å². The molecule has 7 heteroatoms. The van der Waals surface area contributed by atoms with Crippen LogP contribution in [-0.2, 0) is 24.1 Å². The number of rotatable bonds is 6. The molecule has 1 heterocycles. The van der Waals surface area contributed by atoms with Gasteiger partial charge in [0.15, 0.2) is 11.5 Å². The van der Waals surface area contributed by atoms with Gasteiger partial charge in [-0.15, -0.1) is 0 Å². The van der Waals surface area contributed by atoms with Gasteiger partial charge < -0.3 is 19.0 Å². The maximum atomic E-state index is 12.3. The van der Waals surface area contributed by atoms with Crippen LogP contribution in [0.25, 0.3) is 11.0 Å². The van der Waals surface area contributed by atoms with Crippen molar-refractivity contribution in [1.82, 2.24) is 5.43 Å². The number of carbonyl (C=O) groups excluding carboxylic acids is 1. The number of methoxy groups -OCH3 is 2. The fraction of sp³-hybridized carbons (Fsp3) is 0.304. The number of ether oxygens (including phenoxy) is 2. The Bertz CT molecular complexity index is 1120. The summed E-state index contributed by atoms with van der Waals surface area (Å²) in [6.07, 6.45) is 5.63. The highest BCUT2D eigenvalue weighted by Gasteiger charge is 2.21. The highest BCUT2D eigenvalue weighted by Crippen LogP contribution is 2.36. The van der Waals surface area contributed by atoms with Crippen LogP contribution in [0.15, 0.2) is 39.9 Å². The maximum absolute atomic E-state index is 12.3. The summed E-state index contributed by atoms with van der Waals surface area (Å²) in [6, 6.07) is 8.67. The van der Waals surface area contributed by atoms with Gasteiger partial charge in [0.1, 0.15) is 17.1 Å². The van der Waals surface area contributed by atoms with Gasteiger partial charge in [-0.2, -0.15) is 5.10 Å². The summed E-state index contributed by atoms with van der Waals surface area (Å²) in [7, 11) is 3.11. The number of aromatic hydroxyl groups is 1. The van der Waals surface area contributed by atoms with Crippen LogP contribution in [0, 0.1) is 0 Å². The highest BCUT2D eigenvalue weighted by molar-refractivity contribution is 6.03. The van der Waals surface area contributed by atoms with E-state index in [1.54, 1.807) is 44.6 Å². The molecule has 0 saturated carbocycles. The van der Waals surface area contributed by atoms with E-state index < -0.39 is 0 Å².